The number of fused-ring (bicyclic) bond motifs is 1. The minimum absolute atomic E-state index is 0.140. The maximum absolute atomic E-state index is 13.2. The number of benzene rings is 1. The number of amides is 2. The zero-order valence-electron chi connectivity index (χ0n) is 23.9. The maximum atomic E-state index is 13.2. The first-order valence-electron chi connectivity index (χ1n) is 13.4. The van der Waals surface area contributed by atoms with Gasteiger partial charge in [0.15, 0.2) is 22.5 Å². The van der Waals surface area contributed by atoms with E-state index in [9.17, 15) is 14.4 Å². The number of carbonyl (C=O) groups is 3. The van der Waals surface area contributed by atoms with Crippen LogP contribution in [0.1, 0.15) is 70.1 Å². The highest BCUT2D eigenvalue weighted by Crippen LogP contribution is 2.38. The van der Waals surface area contributed by atoms with Crippen molar-refractivity contribution in [3.8, 4) is 11.5 Å². The number of thiophene rings is 1. The molecule has 1 aliphatic carbocycles. The van der Waals surface area contributed by atoms with Crippen molar-refractivity contribution >= 4 is 45.9 Å². The van der Waals surface area contributed by atoms with Crippen LogP contribution < -0.4 is 20.1 Å². The number of methoxy groups -OCH3 is 2. The van der Waals surface area contributed by atoms with Crippen molar-refractivity contribution in [3.05, 3.63) is 45.6 Å². The zero-order valence-corrected chi connectivity index (χ0v) is 25.5. The SMILES string of the molecule is CCOC(=O)c1c(NC(=O)[C@H](C)Sc2nnc(CNC(=O)c3ccc(OC)c(OC)c3)n2C)sc2c1CCCCC2. The van der Waals surface area contributed by atoms with Gasteiger partial charge in [-0.1, -0.05) is 18.2 Å². The number of hydrogen-bond acceptors (Lipinski definition) is 10. The lowest BCUT2D eigenvalue weighted by atomic mass is 10.1. The van der Waals surface area contributed by atoms with Crippen LogP contribution in [0.25, 0.3) is 0 Å². The number of nitrogens with zero attached hydrogens (tertiary/aromatic N) is 3. The minimum Gasteiger partial charge on any atom is -0.493 e. The van der Waals surface area contributed by atoms with E-state index in [1.807, 2.05) is 0 Å². The van der Waals surface area contributed by atoms with Crippen LogP contribution in [0, 0.1) is 0 Å². The summed E-state index contributed by atoms with van der Waals surface area (Å²) in [4.78, 5) is 39.9. The first-order valence-corrected chi connectivity index (χ1v) is 15.1. The second-order valence-corrected chi connectivity index (χ2v) is 11.9. The standard InChI is InChI=1S/C28H35N5O6S2/c1-6-39-27(36)23-18-10-8-7-9-11-21(18)41-26(23)30-24(34)16(2)40-28-32-31-22(33(28)3)15-29-25(35)17-12-13-19(37-4)20(14-17)38-5/h12-14,16H,6-11,15H2,1-5H3,(H,29,35)(H,30,34)/t16-/m0/s1. The van der Waals surface area contributed by atoms with E-state index in [1.165, 1.54) is 37.3 Å². The molecule has 0 saturated carbocycles. The first kappa shape index (κ1) is 30.4. The molecule has 0 aliphatic heterocycles. The summed E-state index contributed by atoms with van der Waals surface area (Å²) in [5.74, 6) is 0.572. The van der Waals surface area contributed by atoms with Gasteiger partial charge in [-0.05, 0) is 63.3 Å². The monoisotopic (exact) mass is 601 g/mol. The third kappa shape index (κ3) is 7.02. The lowest BCUT2D eigenvalue weighted by Gasteiger charge is -2.13. The molecule has 1 aromatic carbocycles. The molecular formula is C28H35N5O6S2. The van der Waals surface area contributed by atoms with Crippen molar-refractivity contribution in [3.63, 3.8) is 0 Å². The van der Waals surface area contributed by atoms with Gasteiger partial charge >= 0.3 is 5.97 Å². The Morgan fingerprint density at radius 1 is 1.10 bits per heavy atom. The maximum Gasteiger partial charge on any atom is 0.341 e. The highest BCUT2D eigenvalue weighted by molar-refractivity contribution is 8.00. The fourth-order valence-corrected chi connectivity index (χ4v) is 6.63. The van der Waals surface area contributed by atoms with Gasteiger partial charge in [-0.3, -0.25) is 9.59 Å². The molecule has 1 atom stereocenters. The molecule has 3 aromatic rings. The minimum atomic E-state index is -0.524. The Hall–Kier alpha value is -3.58. The smallest absolute Gasteiger partial charge is 0.341 e. The fourth-order valence-electron chi connectivity index (χ4n) is 4.52. The highest BCUT2D eigenvalue weighted by Gasteiger charge is 2.28. The Balaban J connectivity index is 1.40. The Kier molecular flexibility index (Phi) is 10.3. The molecule has 0 radical (unpaired) electrons. The molecule has 0 unspecified atom stereocenters. The van der Waals surface area contributed by atoms with E-state index in [4.69, 9.17) is 14.2 Å². The van der Waals surface area contributed by atoms with Crippen LogP contribution in [0.15, 0.2) is 23.4 Å². The van der Waals surface area contributed by atoms with Gasteiger partial charge in [0.05, 0.1) is 38.2 Å². The quantitative estimate of drug-likeness (QED) is 0.186. The first-order chi connectivity index (χ1) is 19.8. The van der Waals surface area contributed by atoms with Crippen molar-refractivity contribution in [1.82, 2.24) is 20.1 Å². The summed E-state index contributed by atoms with van der Waals surface area (Å²) in [6.45, 7) is 3.96. The van der Waals surface area contributed by atoms with Crippen LogP contribution in [0.2, 0.25) is 0 Å². The van der Waals surface area contributed by atoms with E-state index in [-0.39, 0.29) is 25.0 Å². The summed E-state index contributed by atoms with van der Waals surface area (Å²) < 4.78 is 17.6. The average molecular weight is 602 g/mol. The third-order valence-corrected chi connectivity index (χ3v) is 9.11. The van der Waals surface area contributed by atoms with Gasteiger partial charge < -0.3 is 29.4 Å². The molecular weight excluding hydrogens is 566 g/mol. The van der Waals surface area contributed by atoms with Crippen LogP contribution in [0.4, 0.5) is 5.00 Å². The predicted molar refractivity (Wildman–Crippen MR) is 157 cm³/mol. The van der Waals surface area contributed by atoms with Crippen LogP contribution >= 0.6 is 23.1 Å². The van der Waals surface area contributed by atoms with Crippen molar-refractivity contribution < 1.29 is 28.6 Å². The Morgan fingerprint density at radius 3 is 2.59 bits per heavy atom. The summed E-state index contributed by atoms with van der Waals surface area (Å²) in [7, 11) is 4.82. The Labute approximate surface area is 247 Å². The number of thioether (sulfide) groups is 1. The summed E-state index contributed by atoms with van der Waals surface area (Å²) >= 11 is 2.71. The average Bonchev–Trinajstić information content (AvgIpc) is 3.39. The number of nitrogens with one attached hydrogen (secondary N) is 2. The zero-order chi connectivity index (χ0) is 29.5. The number of hydrogen-bond donors (Lipinski definition) is 2. The van der Waals surface area contributed by atoms with Gasteiger partial charge in [0.1, 0.15) is 5.00 Å². The van der Waals surface area contributed by atoms with Gasteiger partial charge in [0.2, 0.25) is 5.91 Å². The molecule has 0 saturated heterocycles. The molecule has 0 fully saturated rings. The van der Waals surface area contributed by atoms with E-state index in [0.717, 1.165) is 42.5 Å². The van der Waals surface area contributed by atoms with Crippen molar-refractivity contribution in [2.45, 2.75) is 62.9 Å². The molecule has 11 nitrogen and oxygen atoms in total. The van der Waals surface area contributed by atoms with Crippen LogP contribution in [0.5, 0.6) is 11.5 Å². The van der Waals surface area contributed by atoms with E-state index in [2.05, 4.69) is 20.8 Å². The molecule has 41 heavy (non-hydrogen) atoms. The molecule has 2 aromatic heterocycles. The van der Waals surface area contributed by atoms with E-state index >= 15 is 0 Å². The lowest BCUT2D eigenvalue weighted by molar-refractivity contribution is -0.115. The molecule has 2 N–H and O–H groups in total. The molecule has 0 bridgehead atoms. The fraction of sp³-hybridized carbons (Fsp3) is 0.464. The van der Waals surface area contributed by atoms with Crippen LogP contribution in [-0.4, -0.2) is 58.6 Å². The van der Waals surface area contributed by atoms with E-state index < -0.39 is 11.2 Å². The number of carbonyl (C=O) groups excluding carboxylic acids is 3. The van der Waals surface area contributed by atoms with Gasteiger partial charge in [-0.2, -0.15) is 0 Å². The van der Waals surface area contributed by atoms with E-state index in [1.54, 1.807) is 43.7 Å². The Bertz CT molecular complexity index is 1420. The molecule has 1 aliphatic rings. The van der Waals surface area contributed by atoms with E-state index in [0.29, 0.717) is 38.6 Å². The normalized spacial score (nSPS) is 13.5. The summed E-state index contributed by atoms with van der Waals surface area (Å²) in [5, 5.41) is 14.8. The molecule has 220 valence electrons. The summed E-state index contributed by atoms with van der Waals surface area (Å²) in [6, 6.07) is 4.92. The lowest BCUT2D eigenvalue weighted by Crippen LogP contribution is -2.25. The molecule has 2 amide bonds. The largest absolute Gasteiger partial charge is 0.493 e. The second-order valence-electron chi connectivity index (χ2n) is 9.45. The van der Waals surface area contributed by atoms with Gasteiger partial charge in [-0.15, -0.1) is 21.5 Å². The Morgan fingerprint density at radius 2 is 1.85 bits per heavy atom. The molecule has 4 rings (SSSR count). The topological polar surface area (TPSA) is 134 Å². The molecule has 2 heterocycles. The van der Waals surface area contributed by atoms with Crippen LogP contribution in [0.3, 0.4) is 0 Å². The van der Waals surface area contributed by atoms with Gasteiger partial charge in [0.25, 0.3) is 5.91 Å². The number of rotatable bonds is 11. The van der Waals surface area contributed by atoms with Crippen molar-refractivity contribution in [2.75, 3.05) is 26.1 Å². The number of anilines is 1. The van der Waals surface area contributed by atoms with Gasteiger partial charge in [-0.25, -0.2) is 4.79 Å². The molecule has 0 spiro atoms. The summed E-state index contributed by atoms with van der Waals surface area (Å²) in [6.07, 6.45) is 4.91. The number of ether oxygens (including phenoxy) is 3. The number of aryl methyl sites for hydroxylation is 1. The third-order valence-electron chi connectivity index (χ3n) is 6.77. The summed E-state index contributed by atoms with van der Waals surface area (Å²) in [5.41, 5.74) is 1.91. The van der Waals surface area contributed by atoms with Gasteiger partial charge in [0, 0.05) is 17.5 Å². The number of aromatic nitrogens is 3. The predicted octanol–water partition coefficient (Wildman–Crippen LogP) is 4.39. The second kappa shape index (κ2) is 13.9. The van der Waals surface area contributed by atoms with Crippen molar-refractivity contribution in [2.24, 2.45) is 7.05 Å². The highest BCUT2D eigenvalue weighted by atomic mass is 32.2. The number of esters is 1. The van der Waals surface area contributed by atoms with Crippen LogP contribution in [-0.2, 0) is 36.0 Å². The molecule has 13 heteroatoms. The van der Waals surface area contributed by atoms with Crippen molar-refractivity contribution in [1.29, 1.82) is 0 Å².